The number of anilines is 3. The molecule has 0 saturated heterocycles. The Kier molecular flexibility index (Phi) is 6.86. The summed E-state index contributed by atoms with van der Waals surface area (Å²) >= 11 is 0. The predicted molar refractivity (Wildman–Crippen MR) is 183 cm³/mol. The second-order valence-corrected chi connectivity index (χ2v) is 11.4. The second-order valence-electron chi connectivity index (χ2n) is 11.4. The summed E-state index contributed by atoms with van der Waals surface area (Å²) < 4.78 is 6.56. The van der Waals surface area contributed by atoms with Gasteiger partial charge in [0.15, 0.2) is 0 Å². The molecule has 216 valence electrons. The lowest BCUT2D eigenvalue weighted by Gasteiger charge is -2.27. The smallest absolute Gasteiger partial charge is 0.135 e. The fourth-order valence-electron chi connectivity index (χ4n) is 6.72. The quantitative estimate of drug-likeness (QED) is 0.220. The summed E-state index contributed by atoms with van der Waals surface area (Å²) in [6, 6.07) is 56.2. The minimum absolute atomic E-state index is 0.0660. The molecule has 1 heterocycles. The first-order valence-electron chi connectivity index (χ1n) is 15.3. The zero-order valence-electron chi connectivity index (χ0n) is 24.6. The Labute approximate surface area is 263 Å². The number of hydrogen-bond acceptors (Lipinski definition) is 3. The molecule has 2 atom stereocenters. The van der Waals surface area contributed by atoms with Gasteiger partial charge in [0.1, 0.15) is 17.6 Å². The van der Waals surface area contributed by atoms with Crippen molar-refractivity contribution >= 4 is 28.4 Å². The standard InChI is InChI=1S/C42H31NO2/c44-42-36-22-11-10-21-35(36)40(30-14-4-1-5-15-30)41(42)37-28-39(45-38-23-13-12-20-34(37)38)29-24-26-33(27-25-29)43(31-16-6-2-7-17-31)32-18-8-3-9-19-32/h1-28,40,42,44H/b41-37-. The summed E-state index contributed by atoms with van der Waals surface area (Å²) in [7, 11) is 0. The van der Waals surface area contributed by atoms with Crippen molar-refractivity contribution in [2.45, 2.75) is 12.0 Å². The number of allylic oxidation sites excluding steroid dienone is 2. The van der Waals surface area contributed by atoms with E-state index in [1.807, 2.05) is 48.5 Å². The third kappa shape index (κ3) is 4.84. The number of fused-ring (bicyclic) bond motifs is 2. The average molecular weight is 582 g/mol. The largest absolute Gasteiger partial charge is 0.456 e. The lowest BCUT2D eigenvalue weighted by Crippen LogP contribution is -2.11. The Bertz CT molecular complexity index is 1990. The Morgan fingerprint density at radius 1 is 0.511 bits per heavy atom. The fourth-order valence-corrected chi connectivity index (χ4v) is 6.72. The fraction of sp³-hybridized carbons (Fsp3) is 0.0476. The molecule has 0 spiro atoms. The van der Waals surface area contributed by atoms with Gasteiger partial charge in [-0.15, -0.1) is 0 Å². The number of nitrogens with zero attached hydrogens (tertiary/aromatic N) is 1. The maximum absolute atomic E-state index is 11.9. The van der Waals surface area contributed by atoms with Gasteiger partial charge in [-0.2, -0.15) is 0 Å². The van der Waals surface area contributed by atoms with Crippen molar-refractivity contribution in [3.8, 4) is 5.75 Å². The Hall–Kier alpha value is -5.64. The van der Waals surface area contributed by atoms with E-state index in [9.17, 15) is 5.11 Å². The molecule has 1 N–H and O–H groups in total. The van der Waals surface area contributed by atoms with Crippen LogP contribution in [0.4, 0.5) is 17.1 Å². The molecule has 0 fully saturated rings. The molecule has 3 heteroatoms. The van der Waals surface area contributed by atoms with Crippen LogP contribution in [0.2, 0.25) is 0 Å². The van der Waals surface area contributed by atoms with Crippen LogP contribution in [-0.4, -0.2) is 5.11 Å². The summed E-state index contributed by atoms with van der Waals surface area (Å²) in [6.45, 7) is 0. The van der Waals surface area contributed by atoms with Crippen LogP contribution in [0, 0.1) is 0 Å². The molecule has 0 radical (unpaired) electrons. The van der Waals surface area contributed by atoms with Crippen LogP contribution in [0.3, 0.4) is 0 Å². The van der Waals surface area contributed by atoms with Gasteiger partial charge in [0, 0.05) is 34.1 Å². The Morgan fingerprint density at radius 3 is 1.71 bits per heavy atom. The van der Waals surface area contributed by atoms with E-state index < -0.39 is 6.10 Å². The van der Waals surface area contributed by atoms with Crippen LogP contribution in [0.5, 0.6) is 5.75 Å². The van der Waals surface area contributed by atoms with Crippen molar-refractivity contribution in [1.29, 1.82) is 0 Å². The van der Waals surface area contributed by atoms with Gasteiger partial charge in [0.25, 0.3) is 0 Å². The Balaban J connectivity index is 1.26. The Morgan fingerprint density at radius 2 is 1.04 bits per heavy atom. The summed E-state index contributed by atoms with van der Waals surface area (Å²) in [5, 5.41) is 11.9. The van der Waals surface area contributed by atoms with Crippen LogP contribution in [0.25, 0.3) is 11.3 Å². The molecule has 1 aliphatic heterocycles. The van der Waals surface area contributed by atoms with Gasteiger partial charge < -0.3 is 14.7 Å². The lowest BCUT2D eigenvalue weighted by atomic mass is 9.84. The van der Waals surface area contributed by atoms with E-state index in [0.717, 1.165) is 67.5 Å². The number of aliphatic hydroxyl groups excluding tert-OH is 1. The predicted octanol–water partition coefficient (Wildman–Crippen LogP) is 10.2. The second kappa shape index (κ2) is 11.5. The number of hydrogen-bond donors (Lipinski definition) is 1. The van der Waals surface area contributed by atoms with Crippen molar-refractivity contribution < 1.29 is 9.84 Å². The zero-order chi connectivity index (χ0) is 30.2. The van der Waals surface area contributed by atoms with Crippen molar-refractivity contribution in [1.82, 2.24) is 0 Å². The van der Waals surface area contributed by atoms with E-state index in [4.69, 9.17) is 4.74 Å². The van der Waals surface area contributed by atoms with Crippen LogP contribution >= 0.6 is 0 Å². The molecule has 8 rings (SSSR count). The molecule has 6 aromatic carbocycles. The van der Waals surface area contributed by atoms with Crippen LogP contribution in [-0.2, 0) is 0 Å². The average Bonchev–Trinajstić information content (AvgIpc) is 3.41. The molecule has 0 bridgehead atoms. The molecule has 2 aliphatic rings. The van der Waals surface area contributed by atoms with Crippen molar-refractivity contribution in [2.75, 3.05) is 4.90 Å². The van der Waals surface area contributed by atoms with E-state index in [0.29, 0.717) is 0 Å². The third-order valence-corrected chi connectivity index (χ3v) is 8.76. The van der Waals surface area contributed by atoms with Crippen LogP contribution in [0.1, 0.15) is 39.8 Å². The lowest BCUT2D eigenvalue weighted by molar-refractivity contribution is 0.220. The molecule has 0 aromatic heterocycles. The molecule has 0 saturated carbocycles. The van der Waals surface area contributed by atoms with Gasteiger partial charge in [-0.1, -0.05) is 109 Å². The SMILES string of the molecule is OC1/C(=C2/C=C(c3ccc(N(c4ccccc4)c4ccccc4)cc3)Oc3ccccc32)C(c2ccccc2)c2ccccc21. The number of para-hydroxylation sites is 3. The van der Waals surface area contributed by atoms with E-state index in [2.05, 4.69) is 126 Å². The normalized spacial score (nSPS) is 18.4. The molecular weight excluding hydrogens is 550 g/mol. The van der Waals surface area contributed by atoms with Crippen LogP contribution < -0.4 is 9.64 Å². The molecule has 3 nitrogen and oxygen atoms in total. The molecule has 0 amide bonds. The van der Waals surface area contributed by atoms with Crippen molar-refractivity contribution in [3.05, 3.63) is 203 Å². The molecule has 1 aliphatic carbocycles. The first-order chi connectivity index (χ1) is 22.3. The first-order valence-corrected chi connectivity index (χ1v) is 15.3. The topological polar surface area (TPSA) is 32.7 Å². The molecule has 6 aromatic rings. The van der Waals surface area contributed by atoms with Gasteiger partial charge in [0.05, 0.1) is 0 Å². The maximum Gasteiger partial charge on any atom is 0.135 e. The minimum atomic E-state index is -0.724. The van der Waals surface area contributed by atoms with Gasteiger partial charge in [-0.25, -0.2) is 0 Å². The number of benzene rings is 6. The van der Waals surface area contributed by atoms with E-state index in [1.165, 1.54) is 0 Å². The third-order valence-electron chi connectivity index (χ3n) is 8.76. The summed E-state index contributed by atoms with van der Waals surface area (Å²) in [5.41, 5.74) is 10.4. The number of aliphatic hydroxyl groups is 1. The van der Waals surface area contributed by atoms with Gasteiger partial charge in [-0.3, -0.25) is 0 Å². The molecule has 45 heavy (non-hydrogen) atoms. The summed E-state index contributed by atoms with van der Waals surface area (Å²) in [6.07, 6.45) is 1.39. The molecular formula is C42H31NO2. The van der Waals surface area contributed by atoms with E-state index in [1.54, 1.807) is 0 Å². The van der Waals surface area contributed by atoms with Gasteiger partial charge >= 0.3 is 0 Å². The van der Waals surface area contributed by atoms with Crippen molar-refractivity contribution in [3.63, 3.8) is 0 Å². The zero-order valence-corrected chi connectivity index (χ0v) is 24.6. The number of rotatable bonds is 5. The first kappa shape index (κ1) is 26.9. The summed E-state index contributed by atoms with van der Waals surface area (Å²) in [5.74, 6) is 1.47. The maximum atomic E-state index is 11.9. The highest BCUT2D eigenvalue weighted by atomic mass is 16.5. The minimum Gasteiger partial charge on any atom is -0.456 e. The van der Waals surface area contributed by atoms with E-state index in [-0.39, 0.29) is 5.92 Å². The van der Waals surface area contributed by atoms with E-state index >= 15 is 0 Å². The highest BCUT2D eigenvalue weighted by molar-refractivity contribution is 5.92. The monoisotopic (exact) mass is 581 g/mol. The van der Waals surface area contributed by atoms with Gasteiger partial charge in [0.2, 0.25) is 0 Å². The number of ether oxygens (including phenoxy) is 1. The highest BCUT2D eigenvalue weighted by Crippen LogP contribution is 2.53. The van der Waals surface area contributed by atoms with Crippen LogP contribution in [0.15, 0.2) is 175 Å². The summed E-state index contributed by atoms with van der Waals surface area (Å²) in [4.78, 5) is 2.25. The van der Waals surface area contributed by atoms with Gasteiger partial charge in [-0.05, 0) is 88.5 Å². The molecule has 2 unspecified atom stereocenters. The van der Waals surface area contributed by atoms with Crippen molar-refractivity contribution in [2.24, 2.45) is 0 Å². The highest BCUT2D eigenvalue weighted by Gasteiger charge is 2.38.